The minimum Gasteiger partial charge on any atom is -0.358 e. The molecule has 0 aliphatic rings. The van der Waals surface area contributed by atoms with Gasteiger partial charge in [0.2, 0.25) is 5.82 Å². The van der Waals surface area contributed by atoms with Crippen LogP contribution in [0, 0.1) is 10.1 Å². The lowest BCUT2D eigenvalue weighted by atomic mass is 10.1. The lowest BCUT2D eigenvalue weighted by molar-refractivity contribution is -0.385. The van der Waals surface area contributed by atoms with Gasteiger partial charge >= 0.3 is 11.2 Å². The standard InChI is InChI=1S/C16H12Cl2N4O3/c1-9(10-5-4-6-11(17)13(10)18)19-15-14(22(24)25)16(23)21-8-3-2-7-12(21)20-15/h2-9,19H,1H3. The smallest absolute Gasteiger partial charge is 0.358 e. The van der Waals surface area contributed by atoms with Crippen molar-refractivity contribution in [2.24, 2.45) is 0 Å². The molecule has 3 aromatic rings. The van der Waals surface area contributed by atoms with Crippen LogP contribution in [0.15, 0.2) is 47.4 Å². The average Bonchev–Trinajstić information content (AvgIpc) is 2.57. The molecule has 1 N–H and O–H groups in total. The van der Waals surface area contributed by atoms with E-state index in [4.69, 9.17) is 23.2 Å². The van der Waals surface area contributed by atoms with Crippen molar-refractivity contribution in [3.8, 4) is 0 Å². The predicted molar refractivity (Wildman–Crippen MR) is 96.6 cm³/mol. The molecule has 1 atom stereocenters. The summed E-state index contributed by atoms with van der Waals surface area (Å²) >= 11 is 12.2. The Labute approximate surface area is 152 Å². The van der Waals surface area contributed by atoms with Crippen LogP contribution in [-0.4, -0.2) is 14.3 Å². The second-order valence-electron chi connectivity index (χ2n) is 5.31. The maximum absolute atomic E-state index is 12.4. The van der Waals surface area contributed by atoms with Gasteiger partial charge in [-0.2, -0.15) is 0 Å². The Balaban J connectivity index is 2.12. The first-order valence-electron chi connectivity index (χ1n) is 7.26. The van der Waals surface area contributed by atoms with Gasteiger partial charge in [-0.25, -0.2) is 4.98 Å². The van der Waals surface area contributed by atoms with Crippen LogP contribution in [0.2, 0.25) is 10.0 Å². The van der Waals surface area contributed by atoms with Crippen LogP contribution >= 0.6 is 23.2 Å². The van der Waals surface area contributed by atoms with E-state index in [0.717, 1.165) is 4.40 Å². The Morgan fingerprint density at radius 2 is 2.00 bits per heavy atom. The van der Waals surface area contributed by atoms with Gasteiger partial charge in [0.05, 0.1) is 21.0 Å². The van der Waals surface area contributed by atoms with Crippen molar-refractivity contribution in [2.75, 3.05) is 5.32 Å². The number of nitrogens with zero attached hydrogens (tertiary/aromatic N) is 3. The number of hydrogen-bond donors (Lipinski definition) is 1. The summed E-state index contributed by atoms with van der Waals surface area (Å²) in [4.78, 5) is 27.3. The highest BCUT2D eigenvalue weighted by Gasteiger charge is 2.25. The van der Waals surface area contributed by atoms with Gasteiger partial charge in [-0.05, 0) is 30.7 Å². The van der Waals surface area contributed by atoms with E-state index in [1.54, 1.807) is 43.3 Å². The number of benzene rings is 1. The molecule has 25 heavy (non-hydrogen) atoms. The van der Waals surface area contributed by atoms with Gasteiger partial charge in [-0.1, -0.05) is 41.4 Å². The number of halogens is 2. The summed E-state index contributed by atoms with van der Waals surface area (Å²) in [5, 5.41) is 15.0. The average molecular weight is 379 g/mol. The summed E-state index contributed by atoms with van der Waals surface area (Å²) < 4.78 is 1.13. The Kier molecular flexibility index (Phi) is 4.61. The molecule has 0 spiro atoms. The molecule has 3 rings (SSSR count). The summed E-state index contributed by atoms with van der Waals surface area (Å²) in [6, 6.07) is 9.53. The first-order chi connectivity index (χ1) is 11.9. The first kappa shape index (κ1) is 17.2. The summed E-state index contributed by atoms with van der Waals surface area (Å²) in [7, 11) is 0. The van der Waals surface area contributed by atoms with Crippen molar-refractivity contribution in [1.82, 2.24) is 9.38 Å². The monoisotopic (exact) mass is 378 g/mol. The van der Waals surface area contributed by atoms with Crippen molar-refractivity contribution >= 4 is 40.4 Å². The van der Waals surface area contributed by atoms with E-state index >= 15 is 0 Å². The molecule has 2 heterocycles. The fraction of sp³-hybridized carbons (Fsp3) is 0.125. The van der Waals surface area contributed by atoms with Gasteiger partial charge in [0.25, 0.3) is 0 Å². The van der Waals surface area contributed by atoms with Gasteiger partial charge in [0.15, 0.2) is 0 Å². The molecule has 128 valence electrons. The molecule has 9 heteroatoms. The van der Waals surface area contributed by atoms with E-state index in [9.17, 15) is 14.9 Å². The maximum atomic E-state index is 12.4. The summed E-state index contributed by atoms with van der Waals surface area (Å²) in [6.07, 6.45) is 1.43. The van der Waals surface area contributed by atoms with Crippen molar-refractivity contribution in [1.29, 1.82) is 0 Å². The molecule has 7 nitrogen and oxygen atoms in total. The number of nitro groups is 1. The summed E-state index contributed by atoms with van der Waals surface area (Å²) in [5.74, 6) is -0.121. The molecule has 0 bridgehead atoms. The van der Waals surface area contributed by atoms with Crippen LogP contribution in [0.1, 0.15) is 18.5 Å². The first-order valence-corrected chi connectivity index (χ1v) is 8.02. The number of hydrogen-bond acceptors (Lipinski definition) is 5. The van der Waals surface area contributed by atoms with E-state index in [-0.39, 0.29) is 5.82 Å². The lowest BCUT2D eigenvalue weighted by Gasteiger charge is -2.17. The zero-order valence-corrected chi connectivity index (χ0v) is 14.5. The lowest BCUT2D eigenvalue weighted by Crippen LogP contribution is -2.22. The van der Waals surface area contributed by atoms with Gasteiger partial charge in [-0.15, -0.1) is 0 Å². The Morgan fingerprint density at radius 3 is 2.72 bits per heavy atom. The molecule has 0 saturated heterocycles. The Morgan fingerprint density at radius 1 is 1.24 bits per heavy atom. The highest BCUT2D eigenvalue weighted by atomic mass is 35.5. The third kappa shape index (κ3) is 3.16. The number of rotatable bonds is 4. The SMILES string of the molecule is CC(Nc1nc2ccccn2c(=O)c1[N+](=O)[O-])c1cccc(Cl)c1Cl. The van der Waals surface area contributed by atoms with Gasteiger partial charge in [0.1, 0.15) is 5.65 Å². The highest BCUT2D eigenvalue weighted by Crippen LogP contribution is 2.32. The van der Waals surface area contributed by atoms with Crippen LogP contribution in [-0.2, 0) is 0 Å². The van der Waals surface area contributed by atoms with E-state index in [2.05, 4.69) is 10.3 Å². The van der Waals surface area contributed by atoms with E-state index in [1.807, 2.05) is 0 Å². The normalized spacial score (nSPS) is 12.1. The maximum Gasteiger partial charge on any atom is 0.376 e. The Hall–Kier alpha value is -2.64. The molecule has 1 unspecified atom stereocenters. The molecule has 0 radical (unpaired) electrons. The largest absolute Gasteiger partial charge is 0.376 e. The second-order valence-corrected chi connectivity index (χ2v) is 6.09. The second kappa shape index (κ2) is 6.70. The van der Waals surface area contributed by atoms with Crippen molar-refractivity contribution in [3.05, 3.63) is 78.7 Å². The number of aromatic nitrogens is 2. The summed E-state index contributed by atoms with van der Waals surface area (Å²) in [5.41, 5.74) is -0.459. The highest BCUT2D eigenvalue weighted by molar-refractivity contribution is 6.42. The number of pyridine rings is 1. The topological polar surface area (TPSA) is 89.5 Å². The minimum absolute atomic E-state index is 0.121. The number of nitrogens with one attached hydrogen (secondary N) is 1. The fourth-order valence-corrected chi connectivity index (χ4v) is 2.95. The van der Waals surface area contributed by atoms with Crippen LogP contribution in [0.5, 0.6) is 0 Å². The number of anilines is 1. The zero-order valence-electron chi connectivity index (χ0n) is 12.9. The van der Waals surface area contributed by atoms with Crippen molar-refractivity contribution < 1.29 is 4.92 Å². The van der Waals surface area contributed by atoms with Crippen molar-refractivity contribution in [3.63, 3.8) is 0 Å². The third-order valence-electron chi connectivity index (χ3n) is 3.69. The van der Waals surface area contributed by atoms with Crippen LogP contribution < -0.4 is 10.9 Å². The van der Waals surface area contributed by atoms with E-state index in [1.165, 1.54) is 6.20 Å². The summed E-state index contributed by atoms with van der Waals surface area (Å²) in [6.45, 7) is 1.75. The van der Waals surface area contributed by atoms with E-state index in [0.29, 0.717) is 21.3 Å². The fourth-order valence-electron chi connectivity index (χ4n) is 2.48. The molecular formula is C16H12Cl2N4O3. The molecule has 0 saturated carbocycles. The van der Waals surface area contributed by atoms with E-state index < -0.39 is 22.2 Å². The van der Waals surface area contributed by atoms with Gasteiger partial charge < -0.3 is 5.32 Å². The molecule has 0 aliphatic carbocycles. The van der Waals surface area contributed by atoms with Crippen molar-refractivity contribution in [2.45, 2.75) is 13.0 Å². The number of fused-ring (bicyclic) bond motifs is 1. The van der Waals surface area contributed by atoms with Gasteiger partial charge in [0, 0.05) is 6.20 Å². The molecule has 0 aliphatic heterocycles. The molecule has 2 aromatic heterocycles. The molecule has 0 fully saturated rings. The van der Waals surface area contributed by atoms with Crippen LogP contribution in [0.25, 0.3) is 5.65 Å². The zero-order chi connectivity index (χ0) is 18.1. The quantitative estimate of drug-likeness (QED) is 0.545. The molecular weight excluding hydrogens is 367 g/mol. The van der Waals surface area contributed by atoms with Crippen LogP contribution in [0.4, 0.5) is 11.5 Å². The molecule has 0 amide bonds. The third-order valence-corrected chi connectivity index (χ3v) is 4.53. The van der Waals surface area contributed by atoms with Gasteiger partial charge in [-0.3, -0.25) is 19.3 Å². The van der Waals surface area contributed by atoms with Crippen LogP contribution in [0.3, 0.4) is 0 Å². The minimum atomic E-state index is -0.762. The molecule has 1 aromatic carbocycles. The predicted octanol–water partition coefficient (Wildman–Crippen LogP) is 4.08. The Bertz CT molecular complexity index is 1040.